The van der Waals surface area contributed by atoms with Gasteiger partial charge in [-0.3, -0.25) is 4.79 Å². The van der Waals surface area contributed by atoms with Gasteiger partial charge in [-0.25, -0.2) is 0 Å². The molecule has 16 heavy (non-hydrogen) atoms. The van der Waals surface area contributed by atoms with Crippen molar-refractivity contribution in [2.24, 2.45) is 5.73 Å². The van der Waals surface area contributed by atoms with Crippen LogP contribution in [-0.2, 0) is 0 Å². The van der Waals surface area contributed by atoms with Crippen LogP contribution in [0.25, 0.3) is 0 Å². The van der Waals surface area contributed by atoms with Crippen molar-refractivity contribution in [1.82, 2.24) is 4.90 Å². The number of nitrogens with zero attached hydrogens (tertiary/aromatic N) is 1. The Labute approximate surface area is 97.2 Å². The fourth-order valence-electron chi connectivity index (χ4n) is 1.63. The van der Waals surface area contributed by atoms with E-state index >= 15 is 0 Å². The Bertz CT molecular complexity index is 311. The molecule has 0 heterocycles. The smallest absolute Gasteiger partial charge is 0.253 e. The molecular weight excluding hydrogens is 200 g/mol. The number of rotatable bonds is 6. The van der Waals surface area contributed by atoms with Crippen LogP contribution in [0.4, 0.5) is 0 Å². The molecule has 0 saturated carbocycles. The molecule has 2 N–H and O–H groups in total. The number of amides is 1. The first kappa shape index (κ1) is 12.7. The molecule has 3 nitrogen and oxygen atoms in total. The third-order valence-electron chi connectivity index (χ3n) is 2.43. The molecule has 3 heteroatoms. The number of carbonyl (C=O) groups excluding carboxylic acids is 1. The molecule has 1 amide bonds. The van der Waals surface area contributed by atoms with Crippen molar-refractivity contribution in [3.8, 4) is 0 Å². The number of benzene rings is 1. The van der Waals surface area contributed by atoms with Gasteiger partial charge in [-0.15, -0.1) is 0 Å². The van der Waals surface area contributed by atoms with E-state index < -0.39 is 0 Å². The molecule has 0 fully saturated rings. The van der Waals surface area contributed by atoms with E-state index in [1.54, 1.807) is 0 Å². The number of hydrogen-bond acceptors (Lipinski definition) is 2. The maximum Gasteiger partial charge on any atom is 0.253 e. The summed E-state index contributed by atoms with van der Waals surface area (Å²) in [7, 11) is 0. The molecule has 1 aromatic rings. The van der Waals surface area contributed by atoms with Crippen molar-refractivity contribution in [2.45, 2.75) is 19.8 Å². The topological polar surface area (TPSA) is 46.3 Å². The van der Waals surface area contributed by atoms with E-state index in [-0.39, 0.29) is 5.91 Å². The monoisotopic (exact) mass is 220 g/mol. The number of carbonyl (C=O) groups is 1. The summed E-state index contributed by atoms with van der Waals surface area (Å²) in [4.78, 5) is 14.0. The van der Waals surface area contributed by atoms with Crippen molar-refractivity contribution in [2.75, 3.05) is 19.6 Å². The summed E-state index contributed by atoms with van der Waals surface area (Å²) in [5.41, 5.74) is 6.23. The molecule has 0 aliphatic heterocycles. The molecule has 0 atom stereocenters. The first-order valence-electron chi connectivity index (χ1n) is 5.84. The second-order valence-corrected chi connectivity index (χ2v) is 3.80. The van der Waals surface area contributed by atoms with Crippen molar-refractivity contribution in [3.05, 3.63) is 35.9 Å². The van der Waals surface area contributed by atoms with Gasteiger partial charge in [0.25, 0.3) is 5.91 Å². The van der Waals surface area contributed by atoms with Crippen molar-refractivity contribution < 1.29 is 4.79 Å². The summed E-state index contributed by atoms with van der Waals surface area (Å²) >= 11 is 0. The molecule has 0 bridgehead atoms. The Morgan fingerprint density at radius 3 is 2.50 bits per heavy atom. The summed E-state index contributed by atoms with van der Waals surface area (Å²) in [5.74, 6) is 0.107. The highest BCUT2D eigenvalue weighted by Gasteiger charge is 2.13. The SMILES string of the molecule is CCCN(CCCN)C(=O)c1ccccc1. The average Bonchev–Trinajstić information content (AvgIpc) is 2.35. The molecule has 0 radical (unpaired) electrons. The van der Waals surface area contributed by atoms with Crippen LogP contribution in [0, 0.1) is 0 Å². The molecule has 0 unspecified atom stereocenters. The second kappa shape index (κ2) is 7.01. The maximum atomic E-state index is 12.1. The summed E-state index contributed by atoms with van der Waals surface area (Å²) in [6.45, 7) is 4.25. The first-order valence-corrected chi connectivity index (χ1v) is 5.84. The third-order valence-corrected chi connectivity index (χ3v) is 2.43. The lowest BCUT2D eigenvalue weighted by Gasteiger charge is -2.21. The van der Waals surface area contributed by atoms with Crippen LogP contribution in [0.2, 0.25) is 0 Å². The van der Waals surface area contributed by atoms with Gasteiger partial charge in [0.05, 0.1) is 0 Å². The highest BCUT2D eigenvalue weighted by molar-refractivity contribution is 5.94. The van der Waals surface area contributed by atoms with Crippen molar-refractivity contribution in [3.63, 3.8) is 0 Å². The summed E-state index contributed by atoms with van der Waals surface area (Å²) < 4.78 is 0. The molecule has 1 rings (SSSR count). The van der Waals surface area contributed by atoms with E-state index in [4.69, 9.17) is 5.73 Å². The number of hydrogen-bond donors (Lipinski definition) is 1. The summed E-state index contributed by atoms with van der Waals surface area (Å²) in [5, 5.41) is 0. The third kappa shape index (κ3) is 3.66. The highest BCUT2D eigenvalue weighted by atomic mass is 16.2. The van der Waals surface area contributed by atoms with E-state index in [0.29, 0.717) is 6.54 Å². The predicted octanol–water partition coefficient (Wildman–Crippen LogP) is 1.89. The van der Waals surface area contributed by atoms with Crippen LogP contribution < -0.4 is 5.73 Å². The Morgan fingerprint density at radius 2 is 1.94 bits per heavy atom. The van der Waals surface area contributed by atoms with Gasteiger partial charge < -0.3 is 10.6 Å². The highest BCUT2D eigenvalue weighted by Crippen LogP contribution is 2.05. The lowest BCUT2D eigenvalue weighted by atomic mass is 10.2. The van der Waals surface area contributed by atoms with E-state index in [0.717, 1.165) is 31.5 Å². The van der Waals surface area contributed by atoms with Crippen LogP contribution in [0.1, 0.15) is 30.1 Å². The molecule has 0 saturated heterocycles. The lowest BCUT2D eigenvalue weighted by molar-refractivity contribution is 0.0754. The predicted molar refractivity (Wildman–Crippen MR) is 66.3 cm³/mol. The van der Waals surface area contributed by atoms with E-state index in [1.165, 1.54) is 0 Å². The van der Waals surface area contributed by atoms with Gasteiger partial charge in [0.1, 0.15) is 0 Å². The summed E-state index contributed by atoms with van der Waals surface area (Å²) in [6, 6.07) is 9.41. The van der Waals surface area contributed by atoms with Gasteiger partial charge in [-0.1, -0.05) is 25.1 Å². The standard InChI is InChI=1S/C13H20N2O/c1-2-10-15(11-6-9-14)13(16)12-7-4-3-5-8-12/h3-5,7-8H,2,6,9-11,14H2,1H3. The van der Waals surface area contributed by atoms with Crippen molar-refractivity contribution in [1.29, 1.82) is 0 Å². The minimum Gasteiger partial charge on any atom is -0.339 e. The minimum atomic E-state index is 0.107. The van der Waals surface area contributed by atoms with E-state index in [2.05, 4.69) is 6.92 Å². The Morgan fingerprint density at radius 1 is 1.25 bits per heavy atom. The van der Waals surface area contributed by atoms with Gasteiger partial charge in [-0.2, -0.15) is 0 Å². The average molecular weight is 220 g/mol. The fourth-order valence-corrected chi connectivity index (χ4v) is 1.63. The molecule has 1 aromatic carbocycles. The quantitative estimate of drug-likeness (QED) is 0.795. The van der Waals surface area contributed by atoms with Gasteiger partial charge in [0.15, 0.2) is 0 Å². The van der Waals surface area contributed by atoms with Gasteiger partial charge in [0.2, 0.25) is 0 Å². The Hall–Kier alpha value is -1.35. The first-order chi connectivity index (χ1) is 7.79. The van der Waals surface area contributed by atoms with Crippen LogP contribution in [0.3, 0.4) is 0 Å². The zero-order valence-corrected chi connectivity index (χ0v) is 9.86. The van der Waals surface area contributed by atoms with Crippen LogP contribution in [-0.4, -0.2) is 30.4 Å². The molecule has 0 aliphatic rings. The normalized spacial score (nSPS) is 10.1. The van der Waals surface area contributed by atoms with Gasteiger partial charge in [0, 0.05) is 18.7 Å². The van der Waals surface area contributed by atoms with Gasteiger partial charge >= 0.3 is 0 Å². The fraction of sp³-hybridized carbons (Fsp3) is 0.462. The van der Waals surface area contributed by atoms with E-state index in [1.807, 2.05) is 35.2 Å². The zero-order chi connectivity index (χ0) is 11.8. The van der Waals surface area contributed by atoms with Crippen LogP contribution in [0.5, 0.6) is 0 Å². The molecular formula is C13H20N2O. The molecule has 0 aromatic heterocycles. The molecule has 0 aliphatic carbocycles. The lowest BCUT2D eigenvalue weighted by Crippen LogP contribution is -2.33. The molecule has 88 valence electrons. The van der Waals surface area contributed by atoms with Crippen LogP contribution in [0.15, 0.2) is 30.3 Å². The Balaban J connectivity index is 2.67. The van der Waals surface area contributed by atoms with Gasteiger partial charge in [-0.05, 0) is 31.5 Å². The summed E-state index contributed by atoms with van der Waals surface area (Å²) in [6.07, 6.45) is 1.84. The second-order valence-electron chi connectivity index (χ2n) is 3.80. The number of nitrogens with two attached hydrogens (primary N) is 1. The largest absolute Gasteiger partial charge is 0.339 e. The maximum absolute atomic E-state index is 12.1. The van der Waals surface area contributed by atoms with Crippen LogP contribution >= 0.6 is 0 Å². The zero-order valence-electron chi connectivity index (χ0n) is 9.86. The molecule has 0 spiro atoms. The minimum absolute atomic E-state index is 0.107. The van der Waals surface area contributed by atoms with Crippen molar-refractivity contribution >= 4 is 5.91 Å². The van der Waals surface area contributed by atoms with E-state index in [9.17, 15) is 4.79 Å². The Kier molecular flexibility index (Phi) is 5.57.